The third-order valence-corrected chi connectivity index (χ3v) is 3.80. The Kier molecular flexibility index (Phi) is 5.17. The number of alkyl halides is 3. The minimum Gasteiger partial charge on any atom is -0.289 e. The van der Waals surface area contributed by atoms with Crippen LogP contribution in [0.3, 0.4) is 0 Å². The predicted molar refractivity (Wildman–Crippen MR) is 87.4 cm³/mol. The lowest BCUT2D eigenvalue weighted by Crippen LogP contribution is -2.25. The van der Waals surface area contributed by atoms with Crippen LogP contribution in [0.5, 0.6) is 0 Å². The predicted octanol–water partition coefficient (Wildman–Crippen LogP) is 2.46. The summed E-state index contributed by atoms with van der Waals surface area (Å²) in [6.07, 6.45) is -4.00. The first-order chi connectivity index (χ1) is 12.9. The largest absolute Gasteiger partial charge is 0.416 e. The van der Waals surface area contributed by atoms with Crippen LogP contribution in [0.15, 0.2) is 48.5 Å². The van der Waals surface area contributed by atoms with E-state index in [1.807, 2.05) is 6.07 Å². The number of aromatic nitrogens is 4. The van der Waals surface area contributed by atoms with Crippen molar-refractivity contribution < 1.29 is 23.2 Å². The van der Waals surface area contributed by atoms with Gasteiger partial charge in [-0.3, -0.25) is 10.0 Å². The zero-order valence-corrected chi connectivity index (χ0v) is 13.8. The van der Waals surface area contributed by atoms with Gasteiger partial charge in [-0.25, -0.2) is 5.48 Å². The van der Waals surface area contributed by atoms with Crippen molar-refractivity contribution >= 4 is 5.91 Å². The number of rotatable bonds is 5. The van der Waals surface area contributed by atoms with Gasteiger partial charge in [0.2, 0.25) is 5.82 Å². The van der Waals surface area contributed by atoms with E-state index < -0.39 is 17.6 Å². The molecule has 1 heterocycles. The molecule has 0 unspecified atom stereocenters. The van der Waals surface area contributed by atoms with E-state index in [-0.39, 0.29) is 12.4 Å². The van der Waals surface area contributed by atoms with Gasteiger partial charge in [-0.05, 0) is 34.9 Å². The fourth-order valence-electron chi connectivity index (χ4n) is 2.51. The van der Waals surface area contributed by atoms with E-state index in [0.29, 0.717) is 17.5 Å². The van der Waals surface area contributed by atoms with Crippen LogP contribution in [0.25, 0.3) is 11.4 Å². The van der Waals surface area contributed by atoms with Crippen molar-refractivity contribution in [2.75, 3.05) is 0 Å². The first kappa shape index (κ1) is 18.5. The zero-order chi connectivity index (χ0) is 19.4. The normalized spacial score (nSPS) is 11.4. The lowest BCUT2D eigenvalue weighted by atomic mass is 9.98. The van der Waals surface area contributed by atoms with E-state index in [2.05, 4.69) is 15.4 Å². The Bertz CT molecular complexity index is 938. The molecule has 0 aliphatic carbocycles. The summed E-state index contributed by atoms with van der Waals surface area (Å²) < 4.78 is 38.0. The fraction of sp³-hybridized carbons (Fsp3) is 0.176. The second-order valence-electron chi connectivity index (χ2n) is 5.71. The van der Waals surface area contributed by atoms with E-state index in [1.165, 1.54) is 17.6 Å². The molecule has 2 N–H and O–H groups in total. The van der Waals surface area contributed by atoms with E-state index in [0.717, 1.165) is 22.5 Å². The molecular formula is C17H14F3N5O2. The zero-order valence-electron chi connectivity index (χ0n) is 13.8. The van der Waals surface area contributed by atoms with Crippen molar-refractivity contribution in [1.29, 1.82) is 0 Å². The minimum absolute atomic E-state index is 0.267. The number of hydrogen-bond acceptors (Lipinski definition) is 5. The van der Waals surface area contributed by atoms with Gasteiger partial charge in [0.25, 0.3) is 5.91 Å². The number of benzene rings is 2. The molecule has 2 aromatic carbocycles. The molecule has 140 valence electrons. The van der Waals surface area contributed by atoms with Crippen molar-refractivity contribution in [3.63, 3.8) is 0 Å². The number of amides is 1. The van der Waals surface area contributed by atoms with Crippen molar-refractivity contribution in [3.05, 3.63) is 65.2 Å². The topological polar surface area (TPSA) is 92.9 Å². The third-order valence-electron chi connectivity index (χ3n) is 3.80. The molecule has 0 aliphatic heterocycles. The Balaban J connectivity index is 1.83. The second kappa shape index (κ2) is 7.54. The van der Waals surface area contributed by atoms with Crippen molar-refractivity contribution in [2.45, 2.75) is 19.1 Å². The van der Waals surface area contributed by atoms with Gasteiger partial charge in [0.15, 0.2) is 0 Å². The Labute approximate surface area is 151 Å². The fourth-order valence-corrected chi connectivity index (χ4v) is 2.51. The van der Waals surface area contributed by atoms with Crippen molar-refractivity contribution in [2.24, 2.45) is 0 Å². The van der Waals surface area contributed by atoms with E-state index in [1.54, 1.807) is 18.2 Å². The van der Waals surface area contributed by atoms with Gasteiger partial charge in [0.05, 0.1) is 5.56 Å². The number of carbonyl (C=O) groups excluding carboxylic acids is 1. The molecule has 0 saturated carbocycles. The number of nitrogens with zero attached hydrogens (tertiary/aromatic N) is 4. The van der Waals surface area contributed by atoms with Gasteiger partial charge in [-0.15, -0.1) is 10.2 Å². The summed E-state index contributed by atoms with van der Waals surface area (Å²) in [6.45, 7) is -0.301. The van der Waals surface area contributed by atoms with Crippen molar-refractivity contribution in [3.8, 4) is 11.4 Å². The molecule has 27 heavy (non-hydrogen) atoms. The average molecular weight is 377 g/mol. The Morgan fingerprint density at radius 3 is 2.48 bits per heavy atom. The van der Waals surface area contributed by atoms with Gasteiger partial charge in [-0.1, -0.05) is 36.4 Å². The van der Waals surface area contributed by atoms with Crippen LogP contribution < -0.4 is 5.48 Å². The number of halogens is 3. The molecule has 10 heteroatoms. The Hall–Kier alpha value is -3.27. The second-order valence-corrected chi connectivity index (χ2v) is 5.71. The number of hydroxylamine groups is 1. The maximum absolute atomic E-state index is 12.7. The first-order valence-electron chi connectivity index (χ1n) is 7.82. The van der Waals surface area contributed by atoms with Crippen LogP contribution in [0.1, 0.15) is 16.7 Å². The van der Waals surface area contributed by atoms with Crippen LogP contribution in [0.4, 0.5) is 13.2 Å². The van der Waals surface area contributed by atoms with E-state index in [4.69, 9.17) is 5.21 Å². The highest BCUT2D eigenvalue weighted by atomic mass is 19.4. The summed E-state index contributed by atoms with van der Waals surface area (Å²) in [5.41, 5.74) is 2.91. The van der Waals surface area contributed by atoms with E-state index in [9.17, 15) is 18.0 Å². The molecule has 3 aromatic rings. The van der Waals surface area contributed by atoms with Gasteiger partial charge < -0.3 is 0 Å². The number of nitrogens with one attached hydrogen (secondary N) is 1. The Morgan fingerprint density at radius 1 is 1.11 bits per heavy atom. The summed E-state index contributed by atoms with van der Waals surface area (Å²) in [4.78, 5) is 12.2. The van der Waals surface area contributed by atoms with Crippen LogP contribution in [-0.4, -0.2) is 31.3 Å². The molecular weight excluding hydrogens is 363 g/mol. The smallest absolute Gasteiger partial charge is 0.289 e. The minimum atomic E-state index is -4.38. The molecule has 3 rings (SSSR count). The highest BCUT2D eigenvalue weighted by Gasteiger charge is 2.29. The maximum Gasteiger partial charge on any atom is 0.416 e. The van der Waals surface area contributed by atoms with Gasteiger partial charge in [-0.2, -0.15) is 18.0 Å². The van der Waals surface area contributed by atoms with Crippen molar-refractivity contribution in [1.82, 2.24) is 25.7 Å². The quantitative estimate of drug-likeness (QED) is 0.526. The molecule has 0 radical (unpaired) electrons. The summed E-state index contributed by atoms with van der Waals surface area (Å²) in [5.74, 6) is -0.430. The Morgan fingerprint density at radius 2 is 1.81 bits per heavy atom. The summed E-state index contributed by atoms with van der Waals surface area (Å²) in [7, 11) is 0. The summed E-state index contributed by atoms with van der Waals surface area (Å²) >= 11 is 0. The van der Waals surface area contributed by atoms with Gasteiger partial charge in [0.1, 0.15) is 6.54 Å². The highest BCUT2D eigenvalue weighted by molar-refractivity contribution is 5.74. The lowest BCUT2D eigenvalue weighted by molar-refractivity contribution is -0.137. The molecule has 7 nitrogen and oxygen atoms in total. The number of hydrogen-bond donors (Lipinski definition) is 2. The molecule has 0 aliphatic rings. The molecule has 1 amide bonds. The molecule has 0 bridgehead atoms. The molecule has 1 aromatic heterocycles. The summed E-state index contributed by atoms with van der Waals surface area (Å²) in [6, 6.07) is 12.1. The lowest BCUT2D eigenvalue weighted by Gasteiger charge is -2.09. The highest BCUT2D eigenvalue weighted by Crippen LogP contribution is 2.30. The molecule has 0 saturated heterocycles. The van der Waals surface area contributed by atoms with Crippen LogP contribution >= 0.6 is 0 Å². The van der Waals surface area contributed by atoms with Crippen LogP contribution in [-0.2, 0) is 23.9 Å². The third kappa shape index (κ3) is 4.47. The molecule has 0 spiro atoms. The standard InChI is InChI=1S/C17H14F3N5O2/c18-17(19,20)13-7-5-11(6-8-13)9-12-3-1-2-4-14(12)16-21-24-25(22-16)10-15(26)23-27/h1-8,27H,9-10H2,(H,23,26). The van der Waals surface area contributed by atoms with E-state index >= 15 is 0 Å². The van der Waals surface area contributed by atoms with Gasteiger partial charge >= 0.3 is 6.18 Å². The average Bonchev–Trinajstić information content (AvgIpc) is 3.10. The van der Waals surface area contributed by atoms with Crippen LogP contribution in [0.2, 0.25) is 0 Å². The maximum atomic E-state index is 12.7. The molecule has 0 fully saturated rings. The molecule has 0 atom stereocenters. The first-order valence-corrected chi connectivity index (χ1v) is 7.82. The summed E-state index contributed by atoms with van der Waals surface area (Å²) in [5, 5.41) is 20.3. The number of tetrazole rings is 1. The van der Waals surface area contributed by atoms with Crippen LogP contribution in [0, 0.1) is 0 Å². The monoisotopic (exact) mass is 377 g/mol. The van der Waals surface area contributed by atoms with Gasteiger partial charge in [0, 0.05) is 5.56 Å². The SMILES string of the molecule is O=C(Cn1nnc(-c2ccccc2Cc2ccc(C(F)(F)F)cc2)n1)NO. The number of carbonyl (C=O) groups is 1.